The zero-order valence-corrected chi connectivity index (χ0v) is 11.2. The van der Waals surface area contributed by atoms with Crippen molar-refractivity contribution >= 4 is 0 Å². The molecule has 0 N–H and O–H groups in total. The van der Waals surface area contributed by atoms with Gasteiger partial charge in [-0.3, -0.25) is 0 Å². The molecule has 0 aromatic heterocycles. The summed E-state index contributed by atoms with van der Waals surface area (Å²) in [4.78, 5) is 0. The van der Waals surface area contributed by atoms with Gasteiger partial charge >= 0.3 is 0 Å². The van der Waals surface area contributed by atoms with Gasteiger partial charge in [0.2, 0.25) is 0 Å². The molecule has 3 unspecified atom stereocenters. The van der Waals surface area contributed by atoms with Gasteiger partial charge in [-0.2, -0.15) is 0 Å². The van der Waals surface area contributed by atoms with Crippen LogP contribution in [0.25, 0.3) is 0 Å². The van der Waals surface area contributed by atoms with Crippen LogP contribution in [0.15, 0.2) is 0 Å². The maximum Gasteiger partial charge on any atom is 0.0597 e. The zero-order valence-electron chi connectivity index (χ0n) is 11.2. The van der Waals surface area contributed by atoms with Gasteiger partial charge in [-0.25, -0.2) is 0 Å². The molecule has 97 valence electrons. The molecule has 0 aromatic carbocycles. The summed E-state index contributed by atoms with van der Waals surface area (Å²) in [6.07, 6.45) is 5.75. The monoisotopic (exact) mass is 231 g/mol. The first-order chi connectivity index (χ1) is 7.67. The molecule has 0 aromatic rings. The van der Waals surface area contributed by atoms with Gasteiger partial charge in [-0.05, 0) is 32.6 Å². The highest BCUT2D eigenvalue weighted by molar-refractivity contribution is 4.70. The zero-order chi connectivity index (χ0) is 12.4. The van der Waals surface area contributed by atoms with E-state index in [0.29, 0.717) is 6.10 Å². The second-order valence-electron chi connectivity index (χ2n) is 4.17. The largest absolute Gasteiger partial charge is 0.381 e. The van der Waals surface area contributed by atoms with Crippen molar-refractivity contribution in [3.05, 3.63) is 6.92 Å². The van der Waals surface area contributed by atoms with Crippen LogP contribution in [-0.4, -0.2) is 39.6 Å². The lowest BCUT2D eigenvalue weighted by atomic mass is 10.0. The highest BCUT2D eigenvalue weighted by atomic mass is 16.5. The van der Waals surface area contributed by atoms with E-state index >= 15 is 0 Å². The minimum Gasteiger partial charge on any atom is -0.381 e. The first kappa shape index (κ1) is 15.9. The van der Waals surface area contributed by atoms with E-state index in [-0.39, 0.29) is 12.2 Å². The van der Waals surface area contributed by atoms with Crippen molar-refractivity contribution < 1.29 is 14.2 Å². The molecule has 3 nitrogen and oxygen atoms in total. The average Bonchev–Trinajstić information content (AvgIpc) is 2.32. The lowest BCUT2D eigenvalue weighted by molar-refractivity contribution is 0.0191. The van der Waals surface area contributed by atoms with Crippen molar-refractivity contribution in [3.63, 3.8) is 0 Å². The fourth-order valence-corrected chi connectivity index (χ4v) is 1.80. The third-order valence-corrected chi connectivity index (χ3v) is 2.95. The van der Waals surface area contributed by atoms with Crippen LogP contribution >= 0.6 is 0 Å². The van der Waals surface area contributed by atoms with E-state index in [4.69, 9.17) is 14.2 Å². The first-order valence-electron chi connectivity index (χ1n) is 6.09. The van der Waals surface area contributed by atoms with Gasteiger partial charge in [0.25, 0.3) is 0 Å². The summed E-state index contributed by atoms with van der Waals surface area (Å²) in [7, 11) is 5.20. The minimum absolute atomic E-state index is 0.0112. The molecule has 0 aliphatic carbocycles. The predicted octanol–water partition coefficient (Wildman–Crippen LogP) is 2.84. The van der Waals surface area contributed by atoms with Gasteiger partial charge in [-0.1, -0.05) is 13.3 Å². The number of ether oxygens (including phenoxy) is 3. The van der Waals surface area contributed by atoms with Crippen LogP contribution in [0.5, 0.6) is 0 Å². The van der Waals surface area contributed by atoms with Crippen LogP contribution in [0.2, 0.25) is 0 Å². The number of hydrogen-bond donors (Lipinski definition) is 0. The maximum absolute atomic E-state index is 5.42. The Labute approximate surface area is 100 Å². The van der Waals surface area contributed by atoms with Crippen LogP contribution < -0.4 is 0 Å². The molecule has 0 amide bonds. The van der Waals surface area contributed by atoms with E-state index in [1.807, 2.05) is 0 Å². The van der Waals surface area contributed by atoms with Gasteiger partial charge in [0.1, 0.15) is 0 Å². The molecule has 1 radical (unpaired) electrons. The molecule has 0 saturated carbocycles. The molecule has 3 heteroatoms. The fourth-order valence-electron chi connectivity index (χ4n) is 1.80. The summed E-state index contributed by atoms with van der Waals surface area (Å²) < 4.78 is 16.0. The van der Waals surface area contributed by atoms with Crippen LogP contribution in [0.1, 0.15) is 39.0 Å². The molecule has 0 rings (SSSR count). The predicted molar refractivity (Wildman–Crippen MR) is 66.5 cm³/mol. The van der Waals surface area contributed by atoms with Crippen LogP contribution in [0.3, 0.4) is 0 Å². The Kier molecular flexibility index (Phi) is 9.99. The fraction of sp³-hybridized carbons (Fsp3) is 0.923. The van der Waals surface area contributed by atoms with Crippen molar-refractivity contribution in [2.75, 3.05) is 21.3 Å². The van der Waals surface area contributed by atoms with Crippen molar-refractivity contribution in [1.82, 2.24) is 0 Å². The Bertz CT molecular complexity index is 150. The Morgan fingerprint density at radius 3 is 1.88 bits per heavy atom. The molecule has 0 fully saturated rings. The molecule has 0 bridgehead atoms. The summed E-state index contributed by atoms with van der Waals surface area (Å²) in [6, 6.07) is 0. The van der Waals surface area contributed by atoms with Gasteiger partial charge in [0.05, 0.1) is 18.3 Å². The number of rotatable bonds is 10. The Morgan fingerprint density at radius 2 is 1.44 bits per heavy atom. The minimum atomic E-state index is 0.0112. The topological polar surface area (TPSA) is 27.7 Å². The van der Waals surface area contributed by atoms with Crippen molar-refractivity contribution in [1.29, 1.82) is 0 Å². The van der Waals surface area contributed by atoms with E-state index in [1.54, 1.807) is 21.3 Å². The van der Waals surface area contributed by atoms with E-state index in [9.17, 15) is 0 Å². The standard InChI is InChI=1S/C13H27O3/c1-6-7-12(15-4)8-9-13(16-5)10-11(2)14-3/h11-13H,2,6-10H2,1,3-5H3. The van der Waals surface area contributed by atoms with E-state index in [1.165, 1.54) is 0 Å². The van der Waals surface area contributed by atoms with Crippen molar-refractivity contribution in [3.8, 4) is 0 Å². The highest BCUT2D eigenvalue weighted by Gasteiger charge is 2.15. The van der Waals surface area contributed by atoms with Gasteiger partial charge in [0.15, 0.2) is 0 Å². The Balaban J connectivity index is 3.83. The number of hydrogen-bond acceptors (Lipinski definition) is 3. The van der Waals surface area contributed by atoms with Gasteiger partial charge < -0.3 is 14.2 Å². The SMILES string of the molecule is [CH2]C(CC(CCC(CCC)OC)OC)OC. The molecule has 16 heavy (non-hydrogen) atoms. The quantitative estimate of drug-likeness (QED) is 0.578. The van der Waals surface area contributed by atoms with Crippen LogP contribution in [-0.2, 0) is 14.2 Å². The molecular formula is C13H27O3. The second kappa shape index (κ2) is 10.1. The second-order valence-corrected chi connectivity index (χ2v) is 4.17. The molecule has 0 spiro atoms. The summed E-state index contributed by atoms with van der Waals surface area (Å²) in [5.74, 6) is 0. The molecule has 0 heterocycles. The lowest BCUT2D eigenvalue weighted by Gasteiger charge is -2.21. The molecule has 0 aliphatic rings. The van der Waals surface area contributed by atoms with Crippen LogP contribution in [0, 0.1) is 6.92 Å². The normalized spacial score (nSPS) is 17.1. The summed E-state index contributed by atoms with van der Waals surface area (Å²) >= 11 is 0. The summed E-state index contributed by atoms with van der Waals surface area (Å²) in [6.45, 7) is 6.07. The highest BCUT2D eigenvalue weighted by Crippen LogP contribution is 2.15. The maximum atomic E-state index is 5.42. The lowest BCUT2D eigenvalue weighted by Crippen LogP contribution is -2.22. The molecule has 0 aliphatic heterocycles. The first-order valence-corrected chi connectivity index (χ1v) is 6.09. The smallest absolute Gasteiger partial charge is 0.0597 e. The third-order valence-electron chi connectivity index (χ3n) is 2.95. The summed E-state index contributed by atoms with van der Waals surface area (Å²) in [5.41, 5.74) is 0. The average molecular weight is 231 g/mol. The molecule has 3 atom stereocenters. The number of methoxy groups -OCH3 is 3. The summed E-state index contributed by atoms with van der Waals surface area (Å²) in [5, 5.41) is 0. The van der Waals surface area contributed by atoms with Crippen molar-refractivity contribution in [2.24, 2.45) is 0 Å². The van der Waals surface area contributed by atoms with Gasteiger partial charge in [0, 0.05) is 21.3 Å². The van der Waals surface area contributed by atoms with E-state index < -0.39 is 0 Å². The third kappa shape index (κ3) is 7.20. The Morgan fingerprint density at radius 1 is 0.875 bits per heavy atom. The van der Waals surface area contributed by atoms with E-state index in [0.717, 1.165) is 32.1 Å². The van der Waals surface area contributed by atoms with E-state index in [2.05, 4.69) is 13.8 Å². The Hall–Kier alpha value is -0.120. The van der Waals surface area contributed by atoms with Crippen LogP contribution in [0.4, 0.5) is 0 Å². The molecular weight excluding hydrogens is 204 g/mol. The van der Waals surface area contributed by atoms with Crippen molar-refractivity contribution in [2.45, 2.75) is 57.3 Å². The van der Waals surface area contributed by atoms with Gasteiger partial charge in [-0.15, -0.1) is 0 Å². The molecule has 0 saturated heterocycles.